The first kappa shape index (κ1) is 18.3. The molecule has 3 rings (SSSR count). The normalized spacial score (nSPS) is 15.6. The molecule has 1 fully saturated rings. The molecule has 0 spiro atoms. The van der Waals surface area contributed by atoms with Gasteiger partial charge in [0.1, 0.15) is 5.75 Å². The Balaban J connectivity index is 1.84. The minimum absolute atomic E-state index is 0.00350. The molecule has 0 radical (unpaired) electrons. The molecule has 0 saturated carbocycles. The molecule has 1 N–H and O–H groups in total. The summed E-state index contributed by atoms with van der Waals surface area (Å²) in [6.45, 7) is 2.16. The minimum atomic E-state index is -0.286. The van der Waals surface area contributed by atoms with E-state index in [9.17, 15) is 14.7 Å². The Morgan fingerprint density at radius 2 is 1.81 bits per heavy atom. The average Bonchev–Trinajstić information content (AvgIpc) is 2.68. The molecule has 136 valence electrons. The predicted molar refractivity (Wildman–Crippen MR) is 100 cm³/mol. The Hall–Kier alpha value is -2.53. The number of halogens is 1. The molecule has 26 heavy (non-hydrogen) atoms. The molecule has 2 aromatic rings. The average molecular weight is 373 g/mol. The van der Waals surface area contributed by atoms with Gasteiger partial charge in [-0.15, -0.1) is 0 Å². The summed E-state index contributed by atoms with van der Waals surface area (Å²) >= 11 is 6.12. The highest BCUT2D eigenvalue weighted by Gasteiger charge is 2.26. The van der Waals surface area contributed by atoms with Crippen molar-refractivity contribution >= 4 is 23.9 Å². The van der Waals surface area contributed by atoms with Crippen LogP contribution in [0.25, 0.3) is 0 Å². The number of piperazine rings is 1. The number of hydrogen-bond donors (Lipinski definition) is 1. The second kappa shape index (κ2) is 8.23. The van der Waals surface area contributed by atoms with E-state index >= 15 is 0 Å². The van der Waals surface area contributed by atoms with Crippen LogP contribution in [-0.4, -0.2) is 53.4 Å². The molecule has 0 aromatic heterocycles. The Kier molecular flexibility index (Phi) is 5.78. The Labute approximate surface area is 157 Å². The Morgan fingerprint density at radius 3 is 2.46 bits per heavy atom. The van der Waals surface area contributed by atoms with Crippen molar-refractivity contribution in [3.05, 3.63) is 64.7 Å². The van der Waals surface area contributed by atoms with Crippen LogP contribution in [0.1, 0.15) is 23.5 Å². The zero-order valence-corrected chi connectivity index (χ0v) is 15.1. The summed E-state index contributed by atoms with van der Waals surface area (Å²) in [7, 11) is 0. The highest BCUT2D eigenvalue weighted by atomic mass is 35.5. The van der Waals surface area contributed by atoms with Gasteiger partial charge in [-0.25, -0.2) is 0 Å². The van der Waals surface area contributed by atoms with E-state index in [1.807, 2.05) is 30.3 Å². The number of aromatic hydroxyl groups is 1. The quantitative estimate of drug-likeness (QED) is 0.821. The fourth-order valence-corrected chi connectivity index (χ4v) is 3.46. The number of hydrogen-bond acceptors (Lipinski definition) is 3. The number of benzene rings is 2. The van der Waals surface area contributed by atoms with Crippen LogP contribution in [-0.2, 0) is 9.59 Å². The van der Waals surface area contributed by atoms with E-state index in [0.29, 0.717) is 36.8 Å². The zero-order chi connectivity index (χ0) is 18.5. The van der Waals surface area contributed by atoms with Crippen molar-refractivity contribution in [1.29, 1.82) is 0 Å². The van der Waals surface area contributed by atoms with Gasteiger partial charge in [-0.1, -0.05) is 41.9 Å². The minimum Gasteiger partial charge on any atom is -0.508 e. The third kappa shape index (κ3) is 4.17. The van der Waals surface area contributed by atoms with Crippen molar-refractivity contribution < 1.29 is 14.7 Å². The van der Waals surface area contributed by atoms with E-state index in [-0.39, 0.29) is 24.0 Å². The number of carbonyl (C=O) groups is 2. The maximum absolute atomic E-state index is 12.9. The lowest BCUT2D eigenvalue weighted by Crippen LogP contribution is -2.48. The molecule has 0 aliphatic carbocycles. The Bertz CT molecular complexity index is 774. The highest BCUT2D eigenvalue weighted by molar-refractivity contribution is 6.30. The largest absolute Gasteiger partial charge is 0.508 e. The maximum Gasteiger partial charge on any atom is 0.223 e. The van der Waals surface area contributed by atoms with Crippen LogP contribution in [0, 0.1) is 0 Å². The van der Waals surface area contributed by atoms with Crippen molar-refractivity contribution in [3.8, 4) is 5.75 Å². The molecule has 1 heterocycles. The first-order chi connectivity index (χ1) is 12.6. The summed E-state index contributed by atoms with van der Waals surface area (Å²) in [5.41, 5.74) is 1.59. The number of phenols is 1. The lowest BCUT2D eigenvalue weighted by Gasteiger charge is -2.33. The third-order valence-corrected chi connectivity index (χ3v) is 5.00. The number of phenolic OH excluding ortho intramolecular Hbond substituents is 1. The van der Waals surface area contributed by atoms with E-state index in [2.05, 4.69) is 0 Å². The van der Waals surface area contributed by atoms with E-state index in [4.69, 9.17) is 11.6 Å². The molecular formula is C20H21ClN2O3. The first-order valence-corrected chi connectivity index (χ1v) is 8.96. The molecule has 1 saturated heterocycles. The third-order valence-electron chi connectivity index (χ3n) is 4.76. The van der Waals surface area contributed by atoms with Gasteiger partial charge in [0.2, 0.25) is 12.3 Å². The summed E-state index contributed by atoms with van der Waals surface area (Å²) in [5.74, 6) is -0.155. The van der Waals surface area contributed by atoms with E-state index in [0.717, 1.165) is 12.0 Å². The van der Waals surface area contributed by atoms with E-state index in [1.54, 1.807) is 28.0 Å². The first-order valence-electron chi connectivity index (χ1n) is 8.59. The lowest BCUT2D eigenvalue weighted by molar-refractivity contribution is -0.135. The van der Waals surface area contributed by atoms with E-state index < -0.39 is 0 Å². The van der Waals surface area contributed by atoms with Gasteiger partial charge in [-0.2, -0.15) is 0 Å². The molecule has 2 aromatic carbocycles. The zero-order valence-electron chi connectivity index (χ0n) is 14.3. The second-order valence-electron chi connectivity index (χ2n) is 6.39. The van der Waals surface area contributed by atoms with Crippen LogP contribution >= 0.6 is 11.6 Å². The molecule has 2 amide bonds. The fraction of sp³-hybridized carbons (Fsp3) is 0.300. The summed E-state index contributed by atoms with van der Waals surface area (Å²) in [6, 6.07) is 14.5. The predicted octanol–water partition coefficient (Wildman–Crippen LogP) is 2.87. The van der Waals surface area contributed by atoms with Gasteiger partial charge in [0.15, 0.2) is 0 Å². The van der Waals surface area contributed by atoms with Gasteiger partial charge in [0.25, 0.3) is 0 Å². The van der Waals surface area contributed by atoms with Gasteiger partial charge in [0.05, 0.1) is 0 Å². The molecule has 1 atom stereocenters. The maximum atomic E-state index is 12.9. The number of carbonyl (C=O) groups excluding carboxylic acids is 2. The molecule has 1 aliphatic heterocycles. The van der Waals surface area contributed by atoms with E-state index in [1.165, 1.54) is 0 Å². The van der Waals surface area contributed by atoms with Crippen molar-refractivity contribution in [1.82, 2.24) is 9.80 Å². The highest BCUT2D eigenvalue weighted by Crippen LogP contribution is 2.36. The van der Waals surface area contributed by atoms with Gasteiger partial charge < -0.3 is 14.9 Å². The fourth-order valence-electron chi connectivity index (χ4n) is 3.28. The molecular weight excluding hydrogens is 352 g/mol. The monoisotopic (exact) mass is 372 g/mol. The van der Waals surface area contributed by atoms with Gasteiger partial charge in [0, 0.05) is 49.1 Å². The molecule has 1 aliphatic rings. The topological polar surface area (TPSA) is 60.9 Å². The van der Waals surface area contributed by atoms with Crippen molar-refractivity contribution in [2.75, 3.05) is 26.2 Å². The summed E-state index contributed by atoms with van der Waals surface area (Å²) in [6.07, 6.45) is 1.05. The smallest absolute Gasteiger partial charge is 0.223 e. The lowest BCUT2D eigenvalue weighted by atomic mass is 9.87. The molecule has 5 nitrogen and oxygen atoms in total. The summed E-state index contributed by atoms with van der Waals surface area (Å²) in [5, 5.41) is 10.8. The molecule has 0 bridgehead atoms. The van der Waals surface area contributed by atoms with Crippen molar-refractivity contribution in [2.24, 2.45) is 0 Å². The molecule has 0 unspecified atom stereocenters. The van der Waals surface area contributed by atoms with Crippen LogP contribution < -0.4 is 0 Å². The van der Waals surface area contributed by atoms with Crippen LogP contribution in [0.15, 0.2) is 48.5 Å². The number of rotatable bonds is 5. The Morgan fingerprint density at radius 1 is 1.12 bits per heavy atom. The standard InChI is InChI=1S/C20H21ClN2O3/c21-16-6-7-19(25)18(12-16)17(15-4-2-1-3-5-15)13-20(26)23-10-8-22(14-24)9-11-23/h1-7,12,14,17,25H,8-11,13H2/t17-/m1/s1. The summed E-state index contributed by atoms with van der Waals surface area (Å²) < 4.78 is 0. The molecule has 6 heteroatoms. The summed E-state index contributed by atoms with van der Waals surface area (Å²) in [4.78, 5) is 27.1. The second-order valence-corrected chi connectivity index (χ2v) is 6.83. The van der Waals surface area contributed by atoms with Gasteiger partial charge >= 0.3 is 0 Å². The number of nitrogens with zero attached hydrogens (tertiary/aromatic N) is 2. The van der Waals surface area contributed by atoms with Crippen molar-refractivity contribution in [2.45, 2.75) is 12.3 Å². The van der Waals surface area contributed by atoms with Crippen LogP contribution in [0.2, 0.25) is 5.02 Å². The van der Waals surface area contributed by atoms with Gasteiger partial charge in [-0.05, 0) is 23.8 Å². The van der Waals surface area contributed by atoms with Gasteiger partial charge in [-0.3, -0.25) is 9.59 Å². The van der Waals surface area contributed by atoms with Crippen LogP contribution in [0.3, 0.4) is 0 Å². The van der Waals surface area contributed by atoms with Crippen molar-refractivity contribution in [3.63, 3.8) is 0 Å². The van der Waals surface area contributed by atoms with Crippen LogP contribution in [0.5, 0.6) is 5.75 Å². The van der Waals surface area contributed by atoms with Crippen LogP contribution in [0.4, 0.5) is 0 Å². The SMILES string of the molecule is O=CN1CCN(C(=O)C[C@H](c2ccccc2)c2cc(Cl)ccc2O)CC1. The number of amides is 2.